The molecule has 0 radical (unpaired) electrons. The average Bonchev–Trinajstić information content (AvgIpc) is 2.97. The summed E-state index contributed by atoms with van der Waals surface area (Å²) < 4.78 is 0. The Bertz CT molecular complexity index is 293. The second-order valence-electron chi connectivity index (χ2n) is 3.94. The maximum absolute atomic E-state index is 5.63. The summed E-state index contributed by atoms with van der Waals surface area (Å²) in [6.45, 7) is 3.05. The molecule has 0 amide bonds. The number of rotatable bonds is 3. The molecule has 13 heavy (non-hydrogen) atoms. The fourth-order valence-electron chi connectivity index (χ4n) is 1.96. The lowest BCUT2D eigenvalue weighted by Crippen LogP contribution is -2.02. The van der Waals surface area contributed by atoms with Crippen LogP contribution in [0.2, 0.25) is 0 Å². The van der Waals surface area contributed by atoms with E-state index in [2.05, 4.69) is 31.2 Å². The molecule has 0 aliphatic heterocycles. The maximum atomic E-state index is 5.63. The van der Waals surface area contributed by atoms with Crippen molar-refractivity contribution >= 4 is 0 Å². The first-order valence-corrected chi connectivity index (χ1v) is 5.14. The van der Waals surface area contributed by atoms with Gasteiger partial charge in [0.1, 0.15) is 0 Å². The van der Waals surface area contributed by atoms with Gasteiger partial charge < -0.3 is 5.73 Å². The van der Waals surface area contributed by atoms with Crippen LogP contribution in [0, 0.1) is 5.92 Å². The molecular formula is C12H17N. The van der Waals surface area contributed by atoms with Crippen LogP contribution in [0.3, 0.4) is 0 Å². The number of hydrogen-bond donors (Lipinski definition) is 1. The minimum absolute atomic E-state index is 0.757. The van der Waals surface area contributed by atoms with E-state index in [0.717, 1.165) is 24.8 Å². The third kappa shape index (κ3) is 1.75. The van der Waals surface area contributed by atoms with Gasteiger partial charge in [-0.15, -0.1) is 0 Å². The molecule has 0 aromatic heterocycles. The van der Waals surface area contributed by atoms with Crippen LogP contribution in [0.15, 0.2) is 24.3 Å². The average molecular weight is 175 g/mol. The Hall–Kier alpha value is -0.820. The quantitative estimate of drug-likeness (QED) is 0.749. The van der Waals surface area contributed by atoms with Crippen molar-refractivity contribution < 1.29 is 0 Å². The largest absolute Gasteiger partial charge is 0.330 e. The summed E-state index contributed by atoms with van der Waals surface area (Å²) in [6.07, 6.45) is 2.43. The Morgan fingerprint density at radius 2 is 2.31 bits per heavy atom. The molecule has 1 nitrogen and oxygen atoms in total. The first-order chi connectivity index (χ1) is 6.35. The minimum atomic E-state index is 0.757. The second-order valence-corrected chi connectivity index (χ2v) is 3.94. The highest BCUT2D eigenvalue weighted by molar-refractivity contribution is 5.30. The molecule has 2 atom stereocenters. The van der Waals surface area contributed by atoms with Gasteiger partial charge in [0, 0.05) is 0 Å². The zero-order chi connectivity index (χ0) is 9.26. The normalized spacial score (nSPS) is 26.0. The molecular weight excluding hydrogens is 158 g/mol. The highest BCUT2D eigenvalue weighted by Gasteiger charge is 2.36. The molecule has 1 aliphatic carbocycles. The van der Waals surface area contributed by atoms with Gasteiger partial charge in [-0.1, -0.05) is 31.2 Å². The number of nitrogens with two attached hydrogens (primary N) is 1. The van der Waals surface area contributed by atoms with Crippen molar-refractivity contribution in [3.8, 4) is 0 Å². The summed E-state index contributed by atoms with van der Waals surface area (Å²) in [7, 11) is 0. The minimum Gasteiger partial charge on any atom is -0.330 e. The van der Waals surface area contributed by atoms with Gasteiger partial charge in [0.15, 0.2) is 0 Å². The highest BCUT2D eigenvalue weighted by atomic mass is 14.6. The van der Waals surface area contributed by atoms with Crippen LogP contribution in [0.4, 0.5) is 0 Å². The van der Waals surface area contributed by atoms with Gasteiger partial charge in [-0.3, -0.25) is 0 Å². The van der Waals surface area contributed by atoms with Crippen molar-refractivity contribution in [2.24, 2.45) is 11.7 Å². The van der Waals surface area contributed by atoms with Crippen LogP contribution in [0.1, 0.15) is 30.4 Å². The van der Waals surface area contributed by atoms with E-state index in [1.54, 1.807) is 0 Å². The Morgan fingerprint density at radius 3 is 2.92 bits per heavy atom. The summed E-state index contributed by atoms with van der Waals surface area (Å²) in [5, 5.41) is 0. The molecule has 1 saturated carbocycles. The van der Waals surface area contributed by atoms with E-state index in [1.807, 2.05) is 0 Å². The standard InChI is InChI=1S/C12H17N/c1-2-9-4-3-5-10(6-9)12-7-11(12)8-13/h3-6,11-12H,2,7-8,13H2,1H3. The molecule has 0 spiro atoms. The topological polar surface area (TPSA) is 26.0 Å². The van der Waals surface area contributed by atoms with Gasteiger partial charge >= 0.3 is 0 Å². The number of aryl methyl sites for hydroxylation is 1. The lowest BCUT2D eigenvalue weighted by atomic mass is 10.0. The predicted octanol–water partition coefficient (Wildman–Crippen LogP) is 2.31. The first-order valence-electron chi connectivity index (χ1n) is 5.14. The van der Waals surface area contributed by atoms with Gasteiger partial charge in [0.2, 0.25) is 0 Å². The van der Waals surface area contributed by atoms with Crippen molar-refractivity contribution in [2.45, 2.75) is 25.7 Å². The molecule has 0 heterocycles. The molecule has 2 unspecified atom stereocenters. The Morgan fingerprint density at radius 1 is 1.46 bits per heavy atom. The third-order valence-corrected chi connectivity index (χ3v) is 3.01. The van der Waals surface area contributed by atoms with Crippen LogP contribution in [-0.4, -0.2) is 6.54 Å². The van der Waals surface area contributed by atoms with Crippen LogP contribution in [0.5, 0.6) is 0 Å². The molecule has 2 N–H and O–H groups in total. The van der Waals surface area contributed by atoms with Gasteiger partial charge in [-0.05, 0) is 42.3 Å². The van der Waals surface area contributed by atoms with Crippen molar-refractivity contribution in [3.05, 3.63) is 35.4 Å². The second kappa shape index (κ2) is 3.51. The first kappa shape index (κ1) is 8.76. The zero-order valence-corrected chi connectivity index (χ0v) is 8.16. The number of hydrogen-bond acceptors (Lipinski definition) is 1. The van der Waals surface area contributed by atoms with E-state index in [-0.39, 0.29) is 0 Å². The van der Waals surface area contributed by atoms with E-state index < -0.39 is 0 Å². The summed E-state index contributed by atoms with van der Waals surface area (Å²) in [5.41, 5.74) is 8.57. The van der Waals surface area contributed by atoms with E-state index >= 15 is 0 Å². The third-order valence-electron chi connectivity index (χ3n) is 3.01. The molecule has 1 aromatic carbocycles. The monoisotopic (exact) mass is 175 g/mol. The molecule has 1 aromatic rings. The molecule has 0 bridgehead atoms. The molecule has 1 heteroatoms. The Labute approximate surface area is 80.0 Å². The van der Waals surface area contributed by atoms with Crippen LogP contribution >= 0.6 is 0 Å². The molecule has 1 aliphatic rings. The van der Waals surface area contributed by atoms with Gasteiger partial charge in [-0.2, -0.15) is 0 Å². The molecule has 1 fully saturated rings. The molecule has 0 saturated heterocycles. The van der Waals surface area contributed by atoms with E-state index in [1.165, 1.54) is 17.5 Å². The van der Waals surface area contributed by atoms with Gasteiger partial charge in [0.25, 0.3) is 0 Å². The zero-order valence-electron chi connectivity index (χ0n) is 8.16. The van der Waals surface area contributed by atoms with Crippen LogP contribution < -0.4 is 5.73 Å². The lowest BCUT2D eigenvalue weighted by Gasteiger charge is -2.02. The smallest absolute Gasteiger partial charge is 0.00428 e. The van der Waals surface area contributed by atoms with Crippen molar-refractivity contribution in [1.29, 1.82) is 0 Å². The SMILES string of the molecule is CCc1cccc(C2CC2CN)c1. The fourth-order valence-corrected chi connectivity index (χ4v) is 1.96. The Kier molecular flexibility index (Phi) is 2.36. The van der Waals surface area contributed by atoms with Gasteiger partial charge in [0.05, 0.1) is 0 Å². The molecule has 2 rings (SSSR count). The Balaban J connectivity index is 2.13. The van der Waals surface area contributed by atoms with E-state index in [9.17, 15) is 0 Å². The summed E-state index contributed by atoms with van der Waals surface area (Å²) in [6, 6.07) is 8.93. The summed E-state index contributed by atoms with van der Waals surface area (Å²) in [4.78, 5) is 0. The van der Waals surface area contributed by atoms with Gasteiger partial charge in [-0.25, -0.2) is 0 Å². The van der Waals surface area contributed by atoms with E-state index in [4.69, 9.17) is 5.73 Å². The predicted molar refractivity (Wildman–Crippen MR) is 55.7 cm³/mol. The van der Waals surface area contributed by atoms with Crippen LogP contribution in [0.25, 0.3) is 0 Å². The maximum Gasteiger partial charge on any atom is -0.00428 e. The number of benzene rings is 1. The molecule has 70 valence electrons. The summed E-state index contributed by atoms with van der Waals surface area (Å²) >= 11 is 0. The van der Waals surface area contributed by atoms with Crippen LogP contribution in [-0.2, 0) is 6.42 Å². The van der Waals surface area contributed by atoms with Crippen molar-refractivity contribution in [1.82, 2.24) is 0 Å². The van der Waals surface area contributed by atoms with Crippen molar-refractivity contribution in [2.75, 3.05) is 6.54 Å². The fraction of sp³-hybridized carbons (Fsp3) is 0.500. The highest BCUT2D eigenvalue weighted by Crippen LogP contribution is 2.46. The van der Waals surface area contributed by atoms with E-state index in [0.29, 0.717) is 0 Å². The summed E-state index contributed by atoms with van der Waals surface area (Å²) in [5.74, 6) is 1.52. The lowest BCUT2D eigenvalue weighted by molar-refractivity contribution is 0.809. The van der Waals surface area contributed by atoms with Crippen molar-refractivity contribution in [3.63, 3.8) is 0 Å².